The second-order valence-electron chi connectivity index (χ2n) is 4.88. The maximum Gasteiger partial charge on any atom is 0.141 e. The van der Waals surface area contributed by atoms with Crippen molar-refractivity contribution in [2.45, 2.75) is 32.0 Å². The lowest BCUT2D eigenvalue weighted by atomic mass is 10.3. The number of pyridine rings is 1. The van der Waals surface area contributed by atoms with E-state index in [2.05, 4.69) is 33.2 Å². The number of methoxy groups -OCH3 is 1. The molecule has 2 unspecified atom stereocenters. The molecule has 2 rings (SSSR count). The Bertz CT molecular complexity index is 425. The zero-order valence-electron chi connectivity index (χ0n) is 11.9. The van der Waals surface area contributed by atoms with Crippen LogP contribution in [0.5, 0.6) is 5.75 Å². The van der Waals surface area contributed by atoms with Gasteiger partial charge in [-0.2, -0.15) is 0 Å². The lowest BCUT2D eigenvalue weighted by Gasteiger charge is -2.17. The summed E-state index contributed by atoms with van der Waals surface area (Å²) in [6, 6.07) is 4.03. The molecule has 1 saturated heterocycles. The van der Waals surface area contributed by atoms with E-state index < -0.39 is 0 Å². The number of hydrogen-bond donors (Lipinski definition) is 1. The SMILES string of the molecule is COc1ccc(Br)nc1CNC(C)COC1CCOC1. The summed E-state index contributed by atoms with van der Waals surface area (Å²) in [5.74, 6) is 0.790. The first-order valence-corrected chi connectivity index (χ1v) is 7.60. The van der Waals surface area contributed by atoms with Gasteiger partial charge in [0.25, 0.3) is 0 Å². The first-order chi connectivity index (χ1) is 9.69. The predicted molar refractivity (Wildman–Crippen MR) is 80.0 cm³/mol. The molecule has 0 aromatic carbocycles. The average molecular weight is 345 g/mol. The minimum Gasteiger partial charge on any atom is -0.495 e. The number of rotatable bonds is 7. The lowest BCUT2D eigenvalue weighted by molar-refractivity contribution is 0.0322. The first-order valence-electron chi connectivity index (χ1n) is 6.81. The van der Waals surface area contributed by atoms with Gasteiger partial charge in [0.1, 0.15) is 10.4 Å². The van der Waals surface area contributed by atoms with Crippen LogP contribution in [0.4, 0.5) is 0 Å². The van der Waals surface area contributed by atoms with E-state index in [9.17, 15) is 0 Å². The molecular formula is C14H21BrN2O3. The second-order valence-corrected chi connectivity index (χ2v) is 5.70. The fraction of sp³-hybridized carbons (Fsp3) is 0.643. The van der Waals surface area contributed by atoms with Crippen molar-refractivity contribution >= 4 is 15.9 Å². The minimum absolute atomic E-state index is 0.248. The Kier molecular flexibility index (Phi) is 6.22. The summed E-state index contributed by atoms with van der Waals surface area (Å²) in [7, 11) is 1.65. The van der Waals surface area contributed by atoms with Gasteiger partial charge in [-0.25, -0.2) is 4.98 Å². The van der Waals surface area contributed by atoms with Crippen LogP contribution >= 0.6 is 15.9 Å². The summed E-state index contributed by atoms with van der Waals surface area (Å²) in [5, 5.41) is 3.40. The molecule has 0 radical (unpaired) electrons. The van der Waals surface area contributed by atoms with Gasteiger partial charge in [-0.3, -0.25) is 0 Å². The van der Waals surface area contributed by atoms with Crippen LogP contribution in [0, 0.1) is 0 Å². The molecule has 0 spiro atoms. The molecule has 1 aliphatic rings. The van der Waals surface area contributed by atoms with E-state index >= 15 is 0 Å². The lowest BCUT2D eigenvalue weighted by Crippen LogP contribution is -2.32. The Hall–Kier alpha value is -0.690. The third-order valence-corrected chi connectivity index (χ3v) is 3.65. The van der Waals surface area contributed by atoms with E-state index in [-0.39, 0.29) is 12.1 Å². The van der Waals surface area contributed by atoms with Crippen molar-refractivity contribution in [3.05, 3.63) is 22.4 Å². The molecule has 1 fully saturated rings. The average Bonchev–Trinajstić information content (AvgIpc) is 2.96. The molecule has 20 heavy (non-hydrogen) atoms. The zero-order chi connectivity index (χ0) is 14.4. The van der Waals surface area contributed by atoms with Crippen LogP contribution in [0.15, 0.2) is 16.7 Å². The summed E-state index contributed by atoms with van der Waals surface area (Å²) in [4.78, 5) is 4.42. The van der Waals surface area contributed by atoms with E-state index in [1.54, 1.807) is 7.11 Å². The Morgan fingerprint density at radius 3 is 3.10 bits per heavy atom. The maximum atomic E-state index is 5.79. The van der Waals surface area contributed by atoms with Crippen molar-refractivity contribution in [3.8, 4) is 5.75 Å². The first kappa shape index (κ1) is 15.7. The van der Waals surface area contributed by atoms with E-state index in [1.165, 1.54) is 0 Å². The third kappa shape index (κ3) is 4.70. The molecule has 112 valence electrons. The number of aromatic nitrogens is 1. The number of hydrogen-bond acceptors (Lipinski definition) is 5. The summed E-state index contributed by atoms with van der Waals surface area (Å²) in [6.45, 7) is 4.94. The summed E-state index contributed by atoms with van der Waals surface area (Å²) in [6.07, 6.45) is 1.24. The van der Waals surface area contributed by atoms with Gasteiger partial charge < -0.3 is 19.5 Å². The standard InChI is InChI=1S/C14H21BrN2O3/c1-10(8-20-11-5-6-19-9-11)16-7-12-13(18-2)3-4-14(15)17-12/h3-4,10-11,16H,5-9H2,1-2H3. The third-order valence-electron chi connectivity index (χ3n) is 3.21. The van der Waals surface area contributed by atoms with Gasteiger partial charge in [0, 0.05) is 19.2 Å². The van der Waals surface area contributed by atoms with Crippen molar-refractivity contribution in [3.63, 3.8) is 0 Å². The second kappa shape index (κ2) is 7.93. The zero-order valence-corrected chi connectivity index (χ0v) is 13.5. The van der Waals surface area contributed by atoms with Crippen LogP contribution in [-0.2, 0) is 16.0 Å². The molecule has 1 aliphatic heterocycles. The quantitative estimate of drug-likeness (QED) is 0.768. The van der Waals surface area contributed by atoms with Gasteiger partial charge in [-0.05, 0) is 41.4 Å². The monoisotopic (exact) mass is 344 g/mol. The Balaban J connectivity index is 1.77. The Morgan fingerprint density at radius 2 is 2.40 bits per heavy atom. The largest absolute Gasteiger partial charge is 0.495 e. The minimum atomic E-state index is 0.248. The molecule has 1 aromatic rings. The van der Waals surface area contributed by atoms with E-state index in [1.807, 2.05) is 12.1 Å². The van der Waals surface area contributed by atoms with Crippen LogP contribution < -0.4 is 10.1 Å². The summed E-state index contributed by atoms with van der Waals surface area (Å²) < 4.78 is 17.2. The van der Waals surface area contributed by atoms with Crippen molar-refractivity contribution in [1.82, 2.24) is 10.3 Å². The molecule has 6 heteroatoms. The smallest absolute Gasteiger partial charge is 0.141 e. The number of nitrogens with one attached hydrogen (secondary N) is 1. The highest BCUT2D eigenvalue weighted by Crippen LogP contribution is 2.19. The van der Waals surface area contributed by atoms with Crippen molar-refractivity contribution in [2.75, 3.05) is 26.9 Å². The molecule has 1 N–H and O–H groups in total. The number of nitrogens with zero attached hydrogens (tertiary/aromatic N) is 1. The number of halogens is 1. The van der Waals surface area contributed by atoms with E-state index in [0.717, 1.165) is 29.1 Å². The van der Waals surface area contributed by atoms with Crippen molar-refractivity contribution in [1.29, 1.82) is 0 Å². The molecule has 2 heterocycles. The summed E-state index contributed by atoms with van der Waals surface area (Å²) >= 11 is 3.37. The van der Waals surface area contributed by atoms with Gasteiger partial charge in [0.15, 0.2) is 0 Å². The highest BCUT2D eigenvalue weighted by Gasteiger charge is 2.17. The normalized spacial score (nSPS) is 20.1. The van der Waals surface area contributed by atoms with Crippen molar-refractivity contribution < 1.29 is 14.2 Å². The van der Waals surface area contributed by atoms with Crippen LogP contribution in [-0.4, -0.2) is 44.1 Å². The molecule has 5 nitrogen and oxygen atoms in total. The van der Waals surface area contributed by atoms with Gasteiger partial charge in [0.2, 0.25) is 0 Å². The van der Waals surface area contributed by atoms with Crippen LogP contribution in [0.3, 0.4) is 0 Å². The van der Waals surface area contributed by atoms with Gasteiger partial charge >= 0.3 is 0 Å². The van der Waals surface area contributed by atoms with Gasteiger partial charge in [-0.1, -0.05) is 0 Å². The van der Waals surface area contributed by atoms with Gasteiger partial charge in [0.05, 0.1) is 32.1 Å². The maximum absolute atomic E-state index is 5.79. The fourth-order valence-electron chi connectivity index (χ4n) is 2.03. The molecule has 0 amide bonds. The molecule has 0 saturated carbocycles. The topological polar surface area (TPSA) is 52.6 Å². The summed E-state index contributed by atoms with van der Waals surface area (Å²) in [5.41, 5.74) is 0.887. The fourth-order valence-corrected chi connectivity index (χ4v) is 2.38. The highest BCUT2D eigenvalue weighted by atomic mass is 79.9. The molecular weight excluding hydrogens is 324 g/mol. The molecule has 0 bridgehead atoms. The van der Waals surface area contributed by atoms with Gasteiger partial charge in [-0.15, -0.1) is 0 Å². The van der Waals surface area contributed by atoms with Crippen LogP contribution in [0.25, 0.3) is 0 Å². The Labute approximate surface area is 128 Å². The molecule has 0 aliphatic carbocycles. The number of ether oxygens (including phenoxy) is 3. The van der Waals surface area contributed by atoms with E-state index in [4.69, 9.17) is 14.2 Å². The van der Waals surface area contributed by atoms with Crippen LogP contribution in [0.1, 0.15) is 19.0 Å². The highest BCUT2D eigenvalue weighted by molar-refractivity contribution is 9.10. The predicted octanol–water partition coefficient (Wildman–Crippen LogP) is 2.14. The van der Waals surface area contributed by atoms with E-state index in [0.29, 0.717) is 19.8 Å². The van der Waals surface area contributed by atoms with Crippen molar-refractivity contribution in [2.24, 2.45) is 0 Å². The molecule has 2 atom stereocenters. The Morgan fingerprint density at radius 1 is 1.55 bits per heavy atom. The van der Waals surface area contributed by atoms with Crippen LogP contribution in [0.2, 0.25) is 0 Å². The molecule has 1 aromatic heterocycles.